The Balaban J connectivity index is 1.24. The monoisotopic (exact) mass is 772 g/mol. The molecule has 10 aromatic rings. The highest BCUT2D eigenvalue weighted by atomic mass is 15.2. The summed E-state index contributed by atoms with van der Waals surface area (Å²) in [5, 5.41) is 7.49. The third kappa shape index (κ3) is 6.55. The van der Waals surface area contributed by atoms with Crippen LogP contribution in [0.1, 0.15) is 50.7 Å². The topological polar surface area (TPSA) is 6.48 Å². The molecule has 290 valence electrons. The molecule has 0 saturated heterocycles. The minimum Gasteiger partial charge on any atom is -0.310 e. The molecule has 0 bridgehead atoms. The van der Waals surface area contributed by atoms with E-state index in [1.54, 1.807) is 0 Å². The van der Waals surface area contributed by atoms with Gasteiger partial charge in [0.25, 0.3) is 0 Å². The van der Waals surface area contributed by atoms with Gasteiger partial charge in [0.15, 0.2) is 0 Å². The summed E-state index contributed by atoms with van der Waals surface area (Å²) < 4.78 is 0. The fraction of sp³-hybridized carbons (Fsp3) is 0.103. The average Bonchev–Trinajstić information content (AvgIpc) is 3.30. The molecule has 0 saturated carbocycles. The maximum absolute atomic E-state index is 2.49. The lowest BCUT2D eigenvalue weighted by atomic mass is 9.90. The zero-order chi connectivity index (χ0) is 40.7. The van der Waals surface area contributed by atoms with Crippen LogP contribution in [0.15, 0.2) is 206 Å². The molecule has 0 unspecified atom stereocenters. The fourth-order valence-corrected chi connectivity index (χ4v) is 9.20. The molecule has 0 aliphatic heterocycles. The van der Waals surface area contributed by atoms with Gasteiger partial charge in [-0.15, -0.1) is 0 Å². The Morgan fingerprint density at radius 1 is 0.300 bits per heavy atom. The van der Waals surface area contributed by atoms with Crippen LogP contribution in [0, 0.1) is 0 Å². The van der Waals surface area contributed by atoms with Crippen molar-refractivity contribution in [1.82, 2.24) is 0 Å². The van der Waals surface area contributed by atoms with Gasteiger partial charge in [0.05, 0.1) is 22.7 Å². The van der Waals surface area contributed by atoms with Crippen molar-refractivity contribution in [3.63, 3.8) is 0 Å². The minimum absolute atomic E-state index is 0.318. The Bertz CT molecular complexity index is 2870. The van der Waals surface area contributed by atoms with Gasteiger partial charge in [0.1, 0.15) is 0 Å². The summed E-state index contributed by atoms with van der Waals surface area (Å²) >= 11 is 0. The van der Waals surface area contributed by atoms with Gasteiger partial charge >= 0.3 is 0 Å². The Hall–Kier alpha value is -7.16. The number of para-hydroxylation sites is 2. The quantitative estimate of drug-likeness (QED) is 0.128. The number of anilines is 6. The molecule has 10 rings (SSSR count). The molecule has 0 aliphatic rings. The van der Waals surface area contributed by atoms with Crippen molar-refractivity contribution in [1.29, 1.82) is 0 Å². The van der Waals surface area contributed by atoms with Gasteiger partial charge in [-0.25, -0.2) is 0 Å². The van der Waals surface area contributed by atoms with E-state index in [-0.39, 0.29) is 0 Å². The second-order valence-electron chi connectivity index (χ2n) is 16.5. The summed E-state index contributed by atoms with van der Waals surface area (Å²) in [6.07, 6.45) is 0. The molecule has 0 N–H and O–H groups in total. The van der Waals surface area contributed by atoms with E-state index in [1.165, 1.54) is 77.1 Å². The van der Waals surface area contributed by atoms with E-state index < -0.39 is 0 Å². The normalized spacial score (nSPS) is 11.6. The Labute approximate surface area is 354 Å². The van der Waals surface area contributed by atoms with Crippen LogP contribution in [-0.2, 0) is 0 Å². The van der Waals surface area contributed by atoms with E-state index in [1.807, 2.05) is 0 Å². The van der Waals surface area contributed by atoms with Crippen LogP contribution in [0.2, 0.25) is 0 Å². The smallest absolute Gasteiger partial charge is 0.0540 e. The molecule has 0 heterocycles. The van der Waals surface area contributed by atoms with E-state index in [2.05, 4.69) is 244 Å². The van der Waals surface area contributed by atoms with Crippen molar-refractivity contribution in [2.75, 3.05) is 9.80 Å². The van der Waals surface area contributed by atoms with Crippen molar-refractivity contribution in [2.45, 2.75) is 39.5 Å². The summed E-state index contributed by atoms with van der Waals surface area (Å²) in [5.41, 5.74) is 14.4. The van der Waals surface area contributed by atoms with Crippen molar-refractivity contribution < 1.29 is 0 Å². The highest BCUT2D eigenvalue weighted by molar-refractivity contribution is 6.28. The van der Waals surface area contributed by atoms with Gasteiger partial charge in [-0.1, -0.05) is 185 Å². The molecule has 2 nitrogen and oxygen atoms in total. The Morgan fingerprint density at radius 2 is 0.650 bits per heavy atom. The zero-order valence-corrected chi connectivity index (χ0v) is 34.7. The predicted octanol–water partition coefficient (Wildman–Crippen LogP) is 17.1. The summed E-state index contributed by atoms with van der Waals surface area (Å²) in [6, 6.07) is 75.9. The molecule has 10 aromatic carbocycles. The third-order valence-electron chi connectivity index (χ3n) is 12.1. The van der Waals surface area contributed by atoms with E-state index in [0.29, 0.717) is 11.8 Å². The van der Waals surface area contributed by atoms with Gasteiger partial charge in [-0.2, -0.15) is 0 Å². The SMILES string of the molecule is CC(C)c1ccc(-c2ccccc2)cc1N(c1ccccc1)c1ccc2ccc3c(N(c4ccccc4)c4cc(-c5ccccc5)ccc4C(C)C)ccc4ccc1c2c43. The first-order valence-electron chi connectivity index (χ1n) is 21.2. The van der Waals surface area contributed by atoms with Crippen LogP contribution in [0.3, 0.4) is 0 Å². The largest absolute Gasteiger partial charge is 0.310 e. The third-order valence-corrected chi connectivity index (χ3v) is 12.1. The summed E-state index contributed by atoms with van der Waals surface area (Å²) in [4.78, 5) is 4.99. The molecule has 0 aliphatic carbocycles. The van der Waals surface area contributed by atoms with Crippen LogP contribution in [0.4, 0.5) is 34.1 Å². The predicted molar refractivity (Wildman–Crippen MR) is 259 cm³/mol. The van der Waals surface area contributed by atoms with E-state index in [9.17, 15) is 0 Å². The lowest BCUT2D eigenvalue weighted by Gasteiger charge is -2.32. The van der Waals surface area contributed by atoms with Crippen molar-refractivity contribution in [2.24, 2.45) is 0 Å². The van der Waals surface area contributed by atoms with E-state index >= 15 is 0 Å². The molecular formula is C58H48N2. The summed E-state index contributed by atoms with van der Waals surface area (Å²) in [5.74, 6) is 0.636. The van der Waals surface area contributed by atoms with Gasteiger partial charge in [-0.05, 0) is 115 Å². The van der Waals surface area contributed by atoms with Gasteiger partial charge < -0.3 is 9.80 Å². The van der Waals surface area contributed by atoms with Crippen molar-refractivity contribution in [3.8, 4) is 22.3 Å². The Morgan fingerprint density at radius 3 is 1.02 bits per heavy atom. The van der Waals surface area contributed by atoms with Gasteiger partial charge in [0, 0.05) is 22.1 Å². The lowest BCUT2D eigenvalue weighted by Crippen LogP contribution is -2.14. The first-order valence-corrected chi connectivity index (χ1v) is 21.2. The molecule has 0 aromatic heterocycles. The summed E-state index contributed by atoms with van der Waals surface area (Å²) in [6.45, 7) is 9.20. The fourth-order valence-electron chi connectivity index (χ4n) is 9.20. The molecule has 0 fully saturated rings. The maximum Gasteiger partial charge on any atom is 0.0540 e. The van der Waals surface area contributed by atoms with Crippen molar-refractivity contribution in [3.05, 3.63) is 217 Å². The molecule has 60 heavy (non-hydrogen) atoms. The second-order valence-corrected chi connectivity index (χ2v) is 16.5. The van der Waals surface area contributed by atoms with Crippen molar-refractivity contribution >= 4 is 66.4 Å². The molecule has 2 heteroatoms. The first kappa shape index (κ1) is 37.1. The van der Waals surface area contributed by atoms with Crippen LogP contribution in [0.25, 0.3) is 54.6 Å². The molecule has 0 radical (unpaired) electrons. The molecular weight excluding hydrogens is 725 g/mol. The maximum atomic E-state index is 2.49. The van der Waals surface area contributed by atoms with E-state index in [4.69, 9.17) is 0 Å². The molecule has 0 spiro atoms. The number of hydrogen-bond donors (Lipinski definition) is 0. The minimum atomic E-state index is 0.318. The van der Waals surface area contributed by atoms with Gasteiger partial charge in [-0.3, -0.25) is 0 Å². The van der Waals surface area contributed by atoms with Crippen LogP contribution < -0.4 is 9.80 Å². The summed E-state index contributed by atoms with van der Waals surface area (Å²) in [7, 11) is 0. The van der Waals surface area contributed by atoms with Crippen LogP contribution in [-0.4, -0.2) is 0 Å². The average molecular weight is 773 g/mol. The number of hydrogen-bond acceptors (Lipinski definition) is 2. The second kappa shape index (κ2) is 15.5. The van der Waals surface area contributed by atoms with Crippen LogP contribution >= 0.6 is 0 Å². The molecule has 0 amide bonds. The van der Waals surface area contributed by atoms with Crippen LogP contribution in [0.5, 0.6) is 0 Å². The standard InChI is InChI=1S/C58H48N2/c1-39(2)49-31-27-45(41-17-9-5-10-18-41)37-55(49)59(47-21-13-7-14-22-47)53-35-29-43-26-34-52-54(36-30-44-25-33-51(53)57(43)58(44)52)60(48-23-15-8-16-24-48)56-38-46(28-32-50(56)40(3)4)42-19-11-6-12-20-42/h5-40H,1-4H3. The number of nitrogens with zero attached hydrogens (tertiary/aromatic N) is 2. The highest BCUT2D eigenvalue weighted by Gasteiger charge is 2.25. The molecule has 0 atom stereocenters. The first-order chi connectivity index (χ1) is 29.4. The van der Waals surface area contributed by atoms with Gasteiger partial charge in [0.2, 0.25) is 0 Å². The lowest BCUT2D eigenvalue weighted by molar-refractivity contribution is 0.865. The number of rotatable bonds is 10. The number of benzene rings is 10. The highest BCUT2D eigenvalue weighted by Crippen LogP contribution is 2.50. The van der Waals surface area contributed by atoms with E-state index in [0.717, 1.165) is 22.7 Å². The zero-order valence-electron chi connectivity index (χ0n) is 34.7. The Kier molecular flexibility index (Phi) is 9.62.